The normalized spacial score (nSPS) is 13.5. The number of aliphatic hydroxyl groups is 1. The Labute approximate surface area is 153 Å². The summed E-state index contributed by atoms with van der Waals surface area (Å²) in [5.74, 6) is -1.70. The number of fused-ring (bicyclic) bond motifs is 1. The van der Waals surface area contributed by atoms with Crippen LogP contribution in [-0.4, -0.2) is 30.1 Å². The lowest BCUT2D eigenvalue weighted by atomic mass is 10.0. The molecule has 2 aromatic rings. The predicted molar refractivity (Wildman–Crippen MR) is 93.7 cm³/mol. The molecule has 0 spiro atoms. The van der Waals surface area contributed by atoms with Crippen LogP contribution in [0, 0.1) is 5.82 Å². The number of amides is 2. The van der Waals surface area contributed by atoms with Crippen molar-refractivity contribution in [1.29, 1.82) is 0 Å². The maximum atomic E-state index is 13.1. The highest BCUT2D eigenvalue weighted by molar-refractivity contribution is 6.39. The molecule has 0 aromatic heterocycles. The van der Waals surface area contributed by atoms with Crippen LogP contribution in [0.2, 0.25) is 5.02 Å². The third kappa shape index (κ3) is 4.12. The lowest BCUT2D eigenvalue weighted by molar-refractivity contribution is -0.136. The van der Waals surface area contributed by atoms with Crippen LogP contribution < -0.4 is 15.4 Å². The number of halogens is 2. The molecule has 26 heavy (non-hydrogen) atoms. The van der Waals surface area contributed by atoms with Gasteiger partial charge in [0, 0.05) is 18.7 Å². The second-order valence-electron chi connectivity index (χ2n) is 5.77. The van der Waals surface area contributed by atoms with Gasteiger partial charge in [-0.25, -0.2) is 4.39 Å². The van der Waals surface area contributed by atoms with E-state index in [0.717, 1.165) is 23.8 Å². The minimum atomic E-state index is -0.960. The van der Waals surface area contributed by atoms with Crippen LogP contribution in [0.3, 0.4) is 0 Å². The van der Waals surface area contributed by atoms with Crippen molar-refractivity contribution in [2.75, 3.05) is 18.5 Å². The molecular weight excluding hydrogens is 363 g/mol. The second kappa shape index (κ2) is 7.72. The van der Waals surface area contributed by atoms with Gasteiger partial charge < -0.3 is 20.5 Å². The molecule has 3 rings (SSSR count). The fourth-order valence-corrected chi connectivity index (χ4v) is 2.74. The molecule has 8 heteroatoms. The molecule has 6 nitrogen and oxygen atoms in total. The average Bonchev–Trinajstić information content (AvgIpc) is 3.10. The Morgan fingerprint density at radius 1 is 1.23 bits per heavy atom. The quantitative estimate of drug-likeness (QED) is 0.712. The molecule has 1 aliphatic rings. The summed E-state index contributed by atoms with van der Waals surface area (Å²) < 4.78 is 18.5. The van der Waals surface area contributed by atoms with Crippen LogP contribution in [-0.2, 0) is 16.0 Å². The molecule has 0 aliphatic carbocycles. The van der Waals surface area contributed by atoms with Crippen LogP contribution in [0.4, 0.5) is 10.1 Å². The number of aliphatic hydroxyl groups excluding tert-OH is 1. The Bertz CT molecular complexity index is 859. The van der Waals surface area contributed by atoms with Gasteiger partial charge in [-0.2, -0.15) is 0 Å². The van der Waals surface area contributed by atoms with Crippen LogP contribution >= 0.6 is 11.6 Å². The highest BCUT2D eigenvalue weighted by Crippen LogP contribution is 2.28. The van der Waals surface area contributed by atoms with Crippen molar-refractivity contribution in [2.24, 2.45) is 0 Å². The Hall–Kier alpha value is -2.64. The van der Waals surface area contributed by atoms with Gasteiger partial charge in [-0.1, -0.05) is 17.7 Å². The second-order valence-corrected chi connectivity index (χ2v) is 6.18. The fraction of sp³-hybridized carbons (Fsp3) is 0.222. The summed E-state index contributed by atoms with van der Waals surface area (Å²) in [4.78, 5) is 23.7. The van der Waals surface area contributed by atoms with E-state index in [1.165, 1.54) is 12.1 Å². The van der Waals surface area contributed by atoms with Crippen molar-refractivity contribution in [3.8, 4) is 5.75 Å². The summed E-state index contributed by atoms with van der Waals surface area (Å²) in [6.07, 6.45) is -0.192. The first-order valence-corrected chi connectivity index (χ1v) is 8.30. The number of anilines is 1. The molecule has 1 aliphatic heterocycles. The first kappa shape index (κ1) is 18.2. The zero-order valence-electron chi connectivity index (χ0n) is 13.6. The first-order chi connectivity index (χ1) is 12.4. The van der Waals surface area contributed by atoms with Gasteiger partial charge >= 0.3 is 11.8 Å². The van der Waals surface area contributed by atoms with Gasteiger partial charge in [-0.05, 0) is 41.5 Å². The predicted octanol–water partition coefficient (Wildman–Crippen LogP) is 2.20. The molecule has 1 heterocycles. The van der Waals surface area contributed by atoms with Crippen LogP contribution in [0.15, 0.2) is 36.4 Å². The third-order valence-electron chi connectivity index (χ3n) is 3.94. The number of hydrogen-bond acceptors (Lipinski definition) is 4. The van der Waals surface area contributed by atoms with Crippen molar-refractivity contribution in [1.82, 2.24) is 5.32 Å². The number of ether oxygens (including phenoxy) is 1. The Morgan fingerprint density at radius 3 is 2.81 bits per heavy atom. The lowest BCUT2D eigenvalue weighted by Gasteiger charge is -2.13. The van der Waals surface area contributed by atoms with Crippen molar-refractivity contribution < 1.29 is 23.8 Å². The van der Waals surface area contributed by atoms with Gasteiger partial charge in [-0.3, -0.25) is 9.59 Å². The zero-order valence-corrected chi connectivity index (χ0v) is 14.3. The molecule has 2 amide bonds. The van der Waals surface area contributed by atoms with Gasteiger partial charge in [0.25, 0.3) is 0 Å². The van der Waals surface area contributed by atoms with E-state index in [0.29, 0.717) is 12.2 Å². The van der Waals surface area contributed by atoms with E-state index in [9.17, 15) is 19.1 Å². The molecule has 0 radical (unpaired) electrons. The van der Waals surface area contributed by atoms with Crippen molar-refractivity contribution >= 4 is 29.1 Å². The minimum absolute atomic E-state index is 0.129. The largest absolute Gasteiger partial charge is 0.493 e. The molecule has 3 N–H and O–H groups in total. The van der Waals surface area contributed by atoms with E-state index >= 15 is 0 Å². The van der Waals surface area contributed by atoms with Gasteiger partial charge in [-0.15, -0.1) is 0 Å². The number of hydrogen-bond donors (Lipinski definition) is 3. The van der Waals surface area contributed by atoms with Crippen LogP contribution in [0.5, 0.6) is 5.75 Å². The van der Waals surface area contributed by atoms with Crippen LogP contribution in [0.25, 0.3) is 0 Å². The van der Waals surface area contributed by atoms with Crippen molar-refractivity contribution in [3.05, 3.63) is 58.4 Å². The average molecular weight is 379 g/mol. The van der Waals surface area contributed by atoms with Gasteiger partial charge in [0.2, 0.25) is 0 Å². The SMILES string of the molecule is O=C(NC[C@@H](O)c1ccc2c(c1)CCO2)C(=O)Nc1ccc(F)c(Cl)c1. The lowest BCUT2D eigenvalue weighted by Crippen LogP contribution is -2.37. The summed E-state index contributed by atoms with van der Waals surface area (Å²) in [6, 6.07) is 8.86. The van der Waals surface area contributed by atoms with Gasteiger partial charge in [0.1, 0.15) is 11.6 Å². The smallest absolute Gasteiger partial charge is 0.313 e. The maximum absolute atomic E-state index is 13.1. The maximum Gasteiger partial charge on any atom is 0.313 e. The van der Waals surface area contributed by atoms with Gasteiger partial charge in [0.05, 0.1) is 17.7 Å². The fourth-order valence-electron chi connectivity index (χ4n) is 2.56. The van der Waals surface area contributed by atoms with Gasteiger partial charge in [0.15, 0.2) is 0 Å². The molecule has 136 valence electrons. The summed E-state index contributed by atoms with van der Waals surface area (Å²) in [5.41, 5.74) is 1.81. The van der Waals surface area contributed by atoms with E-state index in [1.54, 1.807) is 12.1 Å². The summed E-state index contributed by atoms with van der Waals surface area (Å²) in [6.45, 7) is 0.481. The zero-order chi connectivity index (χ0) is 18.7. The molecule has 2 aromatic carbocycles. The van der Waals surface area contributed by atoms with E-state index < -0.39 is 23.7 Å². The van der Waals surface area contributed by atoms with Crippen LogP contribution in [0.1, 0.15) is 17.2 Å². The summed E-state index contributed by atoms with van der Waals surface area (Å²) in [7, 11) is 0. The molecule has 0 fully saturated rings. The highest BCUT2D eigenvalue weighted by atomic mass is 35.5. The van der Waals surface area contributed by atoms with Crippen molar-refractivity contribution in [3.63, 3.8) is 0 Å². The summed E-state index contributed by atoms with van der Waals surface area (Å²) in [5, 5.41) is 14.7. The van der Waals surface area contributed by atoms with E-state index in [1.807, 2.05) is 6.07 Å². The molecule has 0 saturated carbocycles. The number of nitrogens with one attached hydrogen (secondary N) is 2. The topological polar surface area (TPSA) is 87.7 Å². The molecular formula is C18H16ClFN2O4. The molecule has 1 atom stereocenters. The minimum Gasteiger partial charge on any atom is -0.493 e. The molecule has 0 unspecified atom stereocenters. The first-order valence-electron chi connectivity index (χ1n) is 7.92. The number of benzene rings is 2. The number of carbonyl (C=O) groups excluding carboxylic acids is 2. The van der Waals surface area contributed by atoms with E-state index in [-0.39, 0.29) is 17.3 Å². The monoisotopic (exact) mass is 378 g/mol. The third-order valence-corrected chi connectivity index (χ3v) is 4.23. The number of rotatable bonds is 4. The Morgan fingerprint density at radius 2 is 2.04 bits per heavy atom. The van der Waals surface area contributed by atoms with Crippen molar-refractivity contribution in [2.45, 2.75) is 12.5 Å². The van der Waals surface area contributed by atoms with E-state index in [4.69, 9.17) is 16.3 Å². The molecule has 0 bridgehead atoms. The highest BCUT2D eigenvalue weighted by Gasteiger charge is 2.18. The number of carbonyl (C=O) groups is 2. The summed E-state index contributed by atoms with van der Waals surface area (Å²) >= 11 is 5.62. The standard InChI is InChI=1S/C18H16ClFN2O4/c19-13-8-12(2-3-14(13)20)22-18(25)17(24)21-9-15(23)10-1-4-16-11(7-10)5-6-26-16/h1-4,7-8,15,23H,5-6,9H2,(H,21,24)(H,22,25)/t15-/m1/s1. The molecule has 0 saturated heterocycles. The Kier molecular flexibility index (Phi) is 5.39. The van der Waals surface area contributed by atoms with E-state index in [2.05, 4.69) is 10.6 Å². The Balaban J connectivity index is 1.54.